The molecule has 1 aromatic carbocycles. The van der Waals surface area contributed by atoms with E-state index < -0.39 is 0 Å². The SMILES string of the molecule is COc1cc2oc(=O)c3c(c2cc1OC)CCN(CCC1CCCCN1)C3. The van der Waals surface area contributed by atoms with Gasteiger partial charge in [-0.15, -0.1) is 0 Å². The molecule has 1 N–H and O–H groups in total. The highest BCUT2D eigenvalue weighted by Gasteiger charge is 2.24. The summed E-state index contributed by atoms with van der Waals surface area (Å²) in [6.45, 7) is 3.77. The average molecular weight is 372 g/mol. The van der Waals surface area contributed by atoms with Crippen molar-refractivity contribution < 1.29 is 13.9 Å². The number of rotatable bonds is 5. The van der Waals surface area contributed by atoms with Crippen molar-refractivity contribution in [2.24, 2.45) is 0 Å². The number of hydrogen-bond acceptors (Lipinski definition) is 6. The first-order chi connectivity index (χ1) is 13.2. The van der Waals surface area contributed by atoms with Crippen LogP contribution in [0.3, 0.4) is 0 Å². The molecule has 1 fully saturated rings. The second-order valence-electron chi connectivity index (χ2n) is 7.51. The zero-order valence-electron chi connectivity index (χ0n) is 16.2. The molecule has 1 unspecified atom stereocenters. The van der Waals surface area contributed by atoms with Gasteiger partial charge in [0.15, 0.2) is 11.5 Å². The Balaban J connectivity index is 1.57. The standard InChI is InChI=1S/C21H28N2O4/c1-25-19-11-16-15-7-10-23(9-6-14-5-3-4-8-22-14)13-17(15)21(24)27-18(16)12-20(19)26-2/h11-12,14,22H,3-10,13H2,1-2H3. The molecule has 6 heteroatoms. The summed E-state index contributed by atoms with van der Waals surface area (Å²) in [4.78, 5) is 15.0. The van der Waals surface area contributed by atoms with Gasteiger partial charge in [0.25, 0.3) is 0 Å². The Morgan fingerprint density at radius 2 is 2.00 bits per heavy atom. The van der Waals surface area contributed by atoms with E-state index in [-0.39, 0.29) is 5.63 Å². The molecular formula is C21H28N2O4. The molecule has 2 aliphatic heterocycles. The smallest absolute Gasteiger partial charge is 0.341 e. The Morgan fingerprint density at radius 3 is 2.74 bits per heavy atom. The second-order valence-corrected chi connectivity index (χ2v) is 7.51. The summed E-state index contributed by atoms with van der Waals surface area (Å²) in [5, 5.41) is 4.56. The van der Waals surface area contributed by atoms with Crippen molar-refractivity contribution in [1.29, 1.82) is 0 Å². The quantitative estimate of drug-likeness (QED) is 0.814. The van der Waals surface area contributed by atoms with Gasteiger partial charge in [0.2, 0.25) is 0 Å². The number of methoxy groups -OCH3 is 2. The highest BCUT2D eigenvalue weighted by Crippen LogP contribution is 2.35. The minimum Gasteiger partial charge on any atom is -0.493 e. The molecule has 6 nitrogen and oxygen atoms in total. The van der Waals surface area contributed by atoms with Gasteiger partial charge in [0.1, 0.15) is 5.58 Å². The van der Waals surface area contributed by atoms with Crippen molar-refractivity contribution in [2.45, 2.75) is 44.7 Å². The lowest BCUT2D eigenvalue weighted by Gasteiger charge is -2.31. The number of fused-ring (bicyclic) bond motifs is 3. The third kappa shape index (κ3) is 3.69. The molecule has 0 radical (unpaired) electrons. The molecule has 0 amide bonds. The molecule has 2 aliphatic rings. The predicted octanol–water partition coefficient (Wildman–Crippen LogP) is 2.70. The number of hydrogen-bond donors (Lipinski definition) is 1. The summed E-state index contributed by atoms with van der Waals surface area (Å²) in [5.41, 5.74) is 2.22. The van der Waals surface area contributed by atoms with Crippen LogP contribution in [0.2, 0.25) is 0 Å². The first kappa shape index (κ1) is 18.3. The minimum atomic E-state index is -0.231. The van der Waals surface area contributed by atoms with E-state index in [2.05, 4.69) is 10.2 Å². The van der Waals surface area contributed by atoms with Gasteiger partial charge in [-0.3, -0.25) is 4.90 Å². The van der Waals surface area contributed by atoms with E-state index in [0.29, 0.717) is 29.7 Å². The molecule has 0 aliphatic carbocycles. The molecule has 1 atom stereocenters. The zero-order chi connectivity index (χ0) is 18.8. The fraction of sp³-hybridized carbons (Fsp3) is 0.571. The monoisotopic (exact) mass is 372 g/mol. The summed E-state index contributed by atoms with van der Waals surface area (Å²) < 4.78 is 16.4. The highest BCUT2D eigenvalue weighted by atomic mass is 16.5. The van der Waals surface area contributed by atoms with Gasteiger partial charge in [-0.1, -0.05) is 6.42 Å². The lowest BCUT2D eigenvalue weighted by atomic mass is 9.96. The van der Waals surface area contributed by atoms with Gasteiger partial charge in [0, 0.05) is 30.6 Å². The van der Waals surface area contributed by atoms with Crippen LogP contribution >= 0.6 is 0 Å². The topological polar surface area (TPSA) is 63.9 Å². The number of ether oxygens (including phenoxy) is 2. The Morgan fingerprint density at radius 1 is 1.19 bits per heavy atom. The highest BCUT2D eigenvalue weighted by molar-refractivity contribution is 5.85. The van der Waals surface area contributed by atoms with Crippen LogP contribution in [0.1, 0.15) is 36.8 Å². The van der Waals surface area contributed by atoms with Gasteiger partial charge in [-0.05, 0) is 50.4 Å². The fourth-order valence-electron chi connectivity index (χ4n) is 4.35. The molecule has 1 aromatic heterocycles. The van der Waals surface area contributed by atoms with Crippen molar-refractivity contribution in [3.63, 3.8) is 0 Å². The van der Waals surface area contributed by atoms with Gasteiger partial charge >= 0.3 is 5.63 Å². The van der Waals surface area contributed by atoms with Crippen molar-refractivity contribution in [1.82, 2.24) is 10.2 Å². The van der Waals surface area contributed by atoms with Crippen LogP contribution in [0.25, 0.3) is 11.0 Å². The van der Waals surface area contributed by atoms with Gasteiger partial charge in [0.05, 0.1) is 19.8 Å². The Hall–Kier alpha value is -2.05. The molecular weight excluding hydrogens is 344 g/mol. The first-order valence-electron chi connectivity index (χ1n) is 9.86. The average Bonchev–Trinajstić information content (AvgIpc) is 2.72. The van der Waals surface area contributed by atoms with Gasteiger partial charge < -0.3 is 19.2 Å². The normalized spacial score (nSPS) is 20.4. The molecule has 27 heavy (non-hydrogen) atoms. The van der Waals surface area contributed by atoms with Crippen molar-refractivity contribution in [2.75, 3.05) is 33.9 Å². The minimum absolute atomic E-state index is 0.231. The maximum atomic E-state index is 12.6. The summed E-state index contributed by atoms with van der Waals surface area (Å²) in [7, 11) is 3.20. The van der Waals surface area contributed by atoms with E-state index in [1.165, 1.54) is 19.3 Å². The number of benzene rings is 1. The van der Waals surface area contributed by atoms with Crippen LogP contribution in [0.15, 0.2) is 21.3 Å². The van der Waals surface area contributed by atoms with Crippen LogP contribution in [0.4, 0.5) is 0 Å². The van der Waals surface area contributed by atoms with E-state index in [0.717, 1.165) is 49.0 Å². The third-order valence-corrected chi connectivity index (χ3v) is 5.89. The van der Waals surface area contributed by atoms with E-state index >= 15 is 0 Å². The van der Waals surface area contributed by atoms with Crippen LogP contribution in [0.5, 0.6) is 11.5 Å². The maximum absolute atomic E-state index is 12.6. The lowest BCUT2D eigenvalue weighted by Crippen LogP contribution is -2.40. The predicted molar refractivity (Wildman–Crippen MR) is 105 cm³/mol. The number of piperidine rings is 1. The molecule has 2 aromatic rings. The van der Waals surface area contributed by atoms with Gasteiger partial charge in [-0.2, -0.15) is 0 Å². The second kappa shape index (κ2) is 7.90. The lowest BCUT2D eigenvalue weighted by molar-refractivity contribution is 0.227. The number of nitrogens with one attached hydrogen (secondary N) is 1. The van der Waals surface area contributed by atoms with E-state index in [1.54, 1.807) is 20.3 Å². The summed E-state index contributed by atoms with van der Waals surface area (Å²) in [6.07, 6.45) is 5.86. The van der Waals surface area contributed by atoms with Gasteiger partial charge in [-0.25, -0.2) is 4.79 Å². The fourth-order valence-corrected chi connectivity index (χ4v) is 4.35. The summed E-state index contributed by atoms with van der Waals surface area (Å²) >= 11 is 0. The van der Waals surface area contributed by atoms with Crippen LogP contribution < -0.4 is 20.4 Å². The Bertz CT molecular complexity index is 871. The summed E-state index contributed by atoms with van der Waals surface area (Å²) in [6, 6.07) is 4.29. The van der Waals surface area contributed by atoms with Crippen molar-refractivity contribution in [3.05, 3.63) is 33.7 Å². The number of nitrogens with zero attached hydrogens (tertiary/aromatic N) is 1. The zero-order valence-corrected chi connectivity index (χ0v) is 16.2. The first-order valence-corrected chi connectivity index (χ1v) is 9.86. The molecule has 0 bridgehead atoms. The molecule has 0 saturated carbocycles. The molecule has 1 saturated heterocycles. The molecule has 146 valence electrons. The van der Waals surface area contributed by atoms with E-state index in [9.17, 15) is 4.79 Å². The maximum Gasteiger partial charge on any atom is 0.341 e. The van der Waals surface area contributed by atoms with Crippen LogP contribution in [-0.4, -0.2) is 44.8 Å². The third-order valence-electron chi connectivity index (χ3n) is 5.89. The van der Waals surface area contributed by atoms with Crippen molar-refractivity contribution in [3.8, 4) is 11.5 Å². The molecule has 3 heterocycles. The van der Waals surface area contributed by atoms with Crippen molar-refractivity contribution >= 4 is 11.0 Å². The molecule has 0 spiro atoms. The van der Waals surface area contributed by atoms with E-state index in [4.69, 9.17) is 13.9 Å². The largest absolute Gasteiger partial charge is 0.493 e. The Kier molecular flexibility index (Phi) is 5.36. The van der Waals surface area contributed by atoms with Crippen LogP contribution in [-0.2, 0) is 13.0 Å². The molecule has 4 rings (SSSR count). The van der Waals surface area contributed by atoms with Crippen LogP contribution in [0, 0.1) is 0 Å². The summed E-state index contributed by atoms with van der Waals surface area (Å²) in [5.74, 6) is 1.23. The van der Waals surface area contributed by atoms with E-state index in [1.807, 2.05) is 6.07 Å². The Labute approximate surface area is 159 Å².